The van der Waals surface area contributed by atoms with Crippen LogP contribution in [0.15, 0.2) is 23.7 Å². The second kappa shape index (κ2) is 5.47. The number of thiazole rings is 1. The molecule has 5 nitrogen and oxygen atoms in total. The van der Waals surface area contributed by atoms with E-state index in [1.165, 1.54) is 6.26 Å². The molecule has 0 bridgehead atoms. The molecule has 0 spiro atoms. The van der Waals surface area contributed by atoms with Gasteiger partial charge in [0.2, 0.25) is 10.0 Å². The highest BCUT2D eigenvalue weighted by atomic mass is 32.2. The molecule has 0 unspecified atom stereocenters. The molecule has 3 rings (SSSR count). The van der Waals surface area contributed by atoms with Gasteiger partial charge in [-0.2, -0.15) is 4.31 Å². The van der Waals surface area contributed by atoms with Crippen LogP contribution in [-0.4, -0.2) is 35.5 Å². The molecule has 1 atom stereocenters. The first-order valence-electron chi connectivity index (χ1n) is 6.80. The lowest BCUT2D eigenvalue weighted by Gasteiger charge is -2.21. The Labute approximate surface area is 128 Å². The van der Waals surface area contributed by atoms with Gasteiger partial charge >= 0.3 is 0 Å². The SMILES string of the molecule is Cc1csc(-c2ccc([C@@H]3CCCN3S(C)(=O)=O)nc2)n1. The highest BCUT2D eigenvalue weighted by Crippen LogP contribution is 2.33. The molecule has 0 saturated carbocycles. The summed E-state index contributed by atoms with van der Waals surface area (Å²) in [4.78, 5) is 8.91. The van der Waals surface area contributed by atoms with Crippen LogP contribution in [0.25, 0.3) is 10.6 Å². The number of aromatic nitrogens is 2. The zero-order chi connectivity index (χ0) is 15.0. The zero-order valence-corrected chi connectivity index (χ0v) is 13.6. The first kappa shape index (κ1) is 14.6. The lowest BCUT2D eigenvalue weighted by Crippen LogP contribution is -2.29. The Morgan fingerprint density at radius 2 is 2.19 bits per heavy atom. The van der Waals surface area contributed by atoms with Crippen molar-refractivity contribution in [3.8, 4) is 10.6 Å². The van der Waals surface area contributed by atoms with E-state index in [4.69, 9.17) is 0 Å². The van der Waals surface area contributed by atoms with Gasteiger partial charge in [0.05, 0.1) is 18.0 Å². The zero-order valence-electron chi connectivity index (χ0n) is 12.0. The third-order valence-corrected chi connectivity index (χ3v) is 5.92. The average molecular weight is 323 g/mol. The molecule has 1 fully saturated rings. The molecule has 1 aliphatic rings. The number of aryl methyl sites for hydroxylation is 1. The van der Waals surface area contributed by atoms with Crippen LogP contribution in [0.5, 0.6) is 0 Å². The van der Waals surface area contributed by atoms with Crippen LogP contribution in [0.2, 0.25) is 0 Å². The van der Waals surface area contributed by atoms with Crippen LogP contribution in [0.4, 0.5) is 0 Å². The van der Waals surface area contributed by atoms with Gasteiger partial charge in [0.1, 0.15) is 5.01 Å². The fraction of sp³-hybridized carbons (Fsp3) is 0.429. The third-order valence-electron chi connectivity index (χ3n) is 3.62. The molecule has 1 aliphatic heterocycles. The Morgan fingerprint density at radius 3 is 2.76 bits per heavy atom. The van der Waals surface area contributed by atoms with Crippen molar-refractivity contribution in [2.24, 2.45) is 0 Å². The molecule has 0 N–H and O–H groups in total. The summed E-state index contributed by atoms with van der Waals surface area (Å²) in [6.07, 6.45) is 4.76. The molecule has 0 aliphatic carbocycles. The van der Waals surface area contributed by atoms with Gasteiger partial charge in [0.25, 0.3) is 0 Å². The van der Waals surface area contributed by atoms with Crippen molar-refractivity contribution in [2.45, 2.75) is 25.8 Å². The quantitative estimate of drug-likeness (QED) is 0.871. The van der Waals surface area contributed by atoms with Crippen molar-refractivity contribution in [3.63, 3.8) is 0 Å². The van der Waals surface area contributed by atoms with Gasteiger partial charge in [0.15, 0.2) is 0 Å². The van der Waals surface area contributed by atoms with Crippen LogP contribution >= 0.6 is 11.3 Å². The molecular weight excluding hydrogens is 306 g/mol. The van der Waals surface area contributed by atoms with E-state index < -0.39 is 10.0 Å². The standard InChI is InChI=1S/C14H17N3O2S2/c1-10-9-20-14(16-10)11-5-6-12(15-8-11)13-4-3-7-17(13)21(2,18)19/h5-6,8-9,13H,3-4,7H2,1-2H3/t13-/m0/s1. The predicted octanol–water partition coefficient (Wildman–Crippen LogP) is 2.61. The summed E-state index contributed by atoms with van der Waals surface area (Å²) in [5, 5.41) is 2.95. The van der Waals surface area contributed by atoms with E-state index in [1.54, 1.807) is 21.8 Å². The maximum Gasteiger partial charge on any atom is 0.211 e. The van der Waals surface area contributed by atoms with Gasteiger partial charge in [-0.05, 0) is 31.9 Å². The minimum Gasteiger partial charge on any atom is -0.259 e. The Kier molecular flexibility index (Phi) is 3.81. The monoisotopic (exact) mass is 323 g/mol. The minimum atomic E-state index is -3.18. The molecule has 0 amide bonds. The molecule has 2 aromatic heterocycles. The van der Waals surface area contributed by atoms with Crippen molar-refractivity contribution >= 4 is 21.4 Å². The summed E-state index contributed by atoms with van der Waals surface area (Å²) in [6.45, 7) is 2.54. The van der Waals surface area contributed by atoms with Crippen LogP contribution in [0.3, 0.4) is 0 Å². The molecule has 7 heteroatoms. The minimum absolute atomic E-state index is 0.132. The Morgan fingerprint density at radius 1 is 1.38 bits per heavy atom. The van der Waals surface area contributed by atoms with Crippen LogP contribution < -0.4 is 0 Å². The molecule has 112 valence electrons. The van der Waals surface area contributed by atoms with Crippen LogP contribution in [-0.2, 0) is 10.0 Å². The molecule has 2 aromatic rings. The van der Waals surface area contributed by atoms with Crippen LogP contribution in [0.1, 0.15) is 30.3 Å². The topological polar surface area (TPSA) is 63.2 Å². The number of hydrogen-bond donors (Lipinski definition) is 0. The lowest BCUT2D eigenvalue weighted by molar-refractivity contribution is 0.394. The second-order valence-corrected chi connectivity index (χ2v) is 8.09. The summed E-state index contributed by atoms with van der Waals surface area (Å²) < 4.78 is 25.1. The first-order chi connectivity index (χ1) is 9.95. The number of rotatable bonds is 3. The summed E-state index contributed by atoms with van der Waals surface area (Å²) in [6, 6.07) is 3.76. The van der Waals surface area contributed by atoms with Gasteiger partial charge in [-0.15, -0.1) is 11.3 Å². The van der Waals surface area contributed by atoms with Gasteiger partial charge in [0, 0.05) is 29.4 Å². The van der Waals surface area contributed by atoms with Crippen molar-refractivity contribution in [1.29, 1.82) is 0 Å². The van der Waals surface area contributed by atoms with Crippen molar-refractivity contribution < 1.29 is 8.42 Å². The summed E-state index contributed by atoms with van der Waals surface area (Å²) in [7, 11) is -3.18. The Balaban J connectivity index is 1.87. The number of sulfonamides is 1. The maximum atomic E-state index is 11.8. The molecule has 3 heterocycles. The van der Waals surface area contributed by atoms with Gasteiger partial charge in [-0.3, -0.25) is 4.98 Å². The Bertz CT molecular complexity index is 738. The van der Waals surface area contributed by atoms with Gasteiger partial charge in [-0.1, -0.05) is 0 Å². The summed E-state index contributed by atoms with van der Waals surface area (Å²) in [5.41, 5.74) is 2.79. The first-order valence-corrected chi connectivity index (χ1v) is 9.53. The predicted molar refractivity (Wildman–Crippen MR) is 83.6 cm³/mol. The van der Waals surface area contributed by atoms with E-state index in [-0.39, 0.29) is 6.04 Å². The fourth-order valence-electron chi connectivity index (χ4n) is 2.65. The summed E-state index contributed by atoms with van der Waals surface area (Å²) >= 11 is 1.59. The molecular formula is C14H17N3O2S2. The third kappa shape index (κ3) is 3.00. The maximum absolute atomic E-state index is 11.8. The van der Waals surface area contributed by atoms with E-state index >= 15 is 0 Å². The number of nitrogens with zero attached hydrogens (tertiary/aromatic N) is 3. The second-order valence-electron chi connectivity index (χ2n) is 5.30. The van der Waals surface area contributed by atoms with Gasteiger partial charge < -0.3 is 0 Å². The smallest absolute Gasteiger partial charge is 0.211 e. The average Bonchev–Trinajstić information content (AvgIpc) is 3.07. The molecule has 1 saturated heterocycles. The van der Waals surface area contributed by atoms with Crippen molar-refractivity contribution in [2.75, 3.05) is 12.8 Å². The molecule has 0 aromatic carbocycles. The Hall–Kier alpha value is -1.31. The molecule has 0 radical (unpaired) electrons. The highest BCUT2D eigenvalue weighted by Gasteiger charge is 2.33. The largest absolute Gasteiger partial charge is 0.259 e. The normalized spacial score (nSPS) is 20.0. The number of hydrogen-bond acceptors (Lipinski definition) is 5. The van der Waals surface area contributed by atoms with E-state index in [0.29, 0.717) is 6.54 Å². The highest BCUT2D eigenvalue weighted by molar-refractivity contribution is 7.88. The van der Waals surface area contributed by atoms with E-state index in [9.17, 15) is 8.42 Å². The molecule has 21 heavy (non-hydrogen) atoms. The van der Waals surface area contributed by atoms with E-state index in [1.807, 2.05) is 24.4 Å². The van der Waals surface area contributed by atoms with Crippen molar-refractivity contribution in [3.05, 3.63) is 35.1 Å². The number of pyridine rings is 1. The van der Waals surface area contributed by atoms with Crippen molar-refractivity contribution in [1.82, 2.24) is 14.3 Å². The van der Waals surface area contributed by atoms with E-state index in [2.05, 4.69) is 9.97 Å². The van der Waals surface area contributed by atoms with Crippen LogP contribution in [0, 0.1) is 6.92 Å². The van der Waals surface area contributed by atoms with E-state index in [0.717, 1.165) is 34.8 Å². The summed E-state index contributed by atoms with van der Waals surface area (Å²) in [5.74, 6) is 0. The fourth-order valence-corrected chi connectivity index (χ4v) is 4.57. The van der Waals surface area contributed by atoms with Gasteiger partial charge in [-0.25, -0.2) is 13.4 Å². The lowest BCUT2D eigenvalue weighted by atomic mass is 10.1.